The van der Waals surface area contributed by atoms with Crippen LogP contribution in [0.3, 0.4) is 0 Å². The minimum Gasteiger partial charge on any atom is -0.325 e. The molecular formula is C11H12ClN3O. The van der Waals surface area contributed by atoms with Gasteiger partial charge in [0, 0.05) is 17.2 Å². The molecule has 1 amide bonds. The quantitative estimate of drug-likeness (QED) is 0.806. The van der Waals surface area contributed by atoms with E-state index in [2.05, 4.69) is 15.5 Å². The summed E-state index contributed by atoms with van der Waals surface area (Å²) < 4.78 is 0. The monoisotopic (exact) mass is 237 g/mol. The number of amides is 1. The Hall–Kier alpha value is -1.55. The number of rotatable bonds is 3. The lowest BCUT2D eigenvalue weighted by atomic mass is 10.1. The van der Waals surface area contributed by atoms with Gasteiger partial charge < -0.3 is 5.32 Å². The molecule has 0 aliphatic heterocycles. The van der Waals surface area contributed by atoms with Crippen LogP contribution in [0.15, 0.2) is 24.4 Å². The molecule has 1 aromatic carbocycles. The molecule has 2 aromatic rings. The first-order chi connectivity index (χ1) is 7.72. The van der Waals surface area contributed by atoms with Gasteiger partial charge in [-0.15, -0.1) is 11.6 Å². The van der Waals surface area contributed by atoms with Gasteiger partial charge in [0.1, 0.15) is 0 Å². The van der Waals surface area contributed by atoms with Crippen molar-refractivity contribution in [2.75, 3.05) is 11.2 Å². The molecule has 0 spiro atoms. The predicted octanol–water partition coefficient (Wildman–Crippen LogP) is 2.38. The molecule has 0 saturated carbocycles. The van der Waals surface area contributed by atoms with Crippen LogP contribution in [0.4, 0.5) is 5.69 Å². The van der Waals surface area contributed by atoms with E-state index in [9.17, 15) is 4.79 Å². The number of nitrogens with zero attached hydrogens (tertiary/aromatic N) is 1. The Morgan fingerprint density at radius 2 is 2.44 bits per heavy atom. The van der Waals surface area contributed by atoms with Crippen LogP contribution in [-0.2, 0) is 4.79 Å². The molecule has 5 heteroatoms. The second kappa shape index (κ2) is 4.53. The summed E-state index contributed by atoms with van der Waals surface area (Å²) >= 11 is 5.63. The topological polar surface area (TPSA) is 57.8 Å². The van der Waals surface area contributed by atoms with Gasteiger partial charge in [-0.25, -0.2) is 0 Å². The highest BCUT2D eigenvalue weighted by Crippen LogP contribution is 2.21. The number of halogens is 1. The van der Waals surface area contributed by atoms with Gasteiger partial charge in [-0.2, -0.15) is 5.10 Å². The highest BCUT2D eigenvalue weighted by molar-refractivity contribution is 6.19. The Morgan fingerprint density at radius 1 is 1.62 bits per heavy atom. The molecule has 84 valence electrons. The van der Waals surface area contributed by atoms with E-state index >= 15 is 0 Å². The number of hydrogen-bond acceptors (Lipinski definition) is 2. The van der Waals surface area contributed by atoms with Crippen LogP contribution in [0.5, 0.6) is 0 Å². The fraction of sp³-hybridized carbons (Fsp3) is 0.273. The van der Waals surface area contributed by atoms with Gasteiger partial charge in [0.2, 0.25) is 5.91 Å². The van der Waals surface area contributed by atoms with Crippen molar-refractivity contribution in [1.82, 2.24) is 10.2 Å². The molecule has 2 N–H and O–H groups in total. The van der Waals surface area contributed by atoms with E-state index in [1.807, 2.05) is 18.2 Å². The molecule has 2 rings (SSSR count). The van der Waals surface area contributed by atoms with Gasteiger partial charge in [0.05, 0.1) is 17.4 Å². The van der Waals surface area contributed by atoms with Crippen LogP contribution in [0.2, 0.25) is 0 Å². The third-order valence-electron chi connectivity index (χ3n) is 2.42. The van der Waals surface area contributed by atoms with Crippen molar-refractivity contribution in [2.45, 2.75) is 6.92 Å². The summed E-state index contributed by atoms with van der Waals surface area (Å²) in [7, 11) is 0. The zero-order chi connectivity index (χ0) is 11.5. The van der Waals surface area contributed by atoms with Crippen LogP contribution >= 0.6 is 11.6 Å². The summed E-state index contributed by atoms with van der Waals surface area (Å²) in [6.45, 7) is 1.79. The smallest absolute Gasteiger partial charge is 0.228 e. The van der Waals surface area contributed by atoms with Crippen LogP contribution < -0.4 is 5.32 Å². The van der Waals surface area contributed by atoms with E-state index < -0.39 is 0 Å². The summed E-state index contributed by atoms with van der Waals surface area (Å²) in [4.78, 5) is 11.7. The number of carbonyl (C=O) groups is 1. The van der Waals surface area contributed by atoms with E-state index in [0.717, 1.165) is 16.6 Å². The van der Waals surface area contributed by atoms with E-state index in [0.29, 0.717) is 5.88 Å². The molecule has 0 aliphatic rings. The van der Waals surface area contributed by atoms with Crippen molar-refractivity contribution >= 4 is 34.1 Å². The van der Waals surface area contributed by atoms with Gasteiger partial charge in [-0.1, -0.05) is 13.0 Å². The minimum atomic E-state index is -0.205. The van der Waals surface area contributed by atoms with Crippen LogP contribution in [-0.4, -0.2) is 22.0 Å². The number of benzene rings is 1. The first-order valence-corrected chi connectivity index (χ1v) is 5.54. The molecule has 0 radical (unpaired) electrons. The standard InChI is InChI=1S/C11H12ClN3O/c1-7(5-12)11(16)14-9-3-2-4-10-8(9)6-13-15-10/h2-4,6-7H,5H2,1H3,(H,13,15)(H,14,16). The lowest BCUT2D eigenvalue weighted by Crippen LogP contribution is -2.21. The molecule has 1 heterocycles. The maximum atomic E-state index is 11.7. The first-order valence-electron chi connectivity index (χ1n) is 5.01. The van der Waals surface area contributed by atoms with Crippen LogP contribution in [0.1, 0.15) is 6.92 Å². The number of alkyl halides is 1. The minimum absolute atomic E-state index is 0.0799. The van der Waals surface area contributed by atoms with E-state index in [1.54, 1.807) is 13.1 Å². The highest BCUT2D eigenvalue weighted by Gasteiger charge is 2.13. The zero-order valence-corrected chi connectivity index (χ0v) is 9.58. The molecule has 1 atom stereocenters. The number of hydrogen-bond donors (Lipinski definition) is 2. The summed E-state index contributed by atoms with van der Waals surface area (Å²) in [6.07, 6.45) is 1.69. The van der Waals surface area contributed by atoms with Gasteiger partial charge in [-0.05, 0) is 12.1 Å². The number of carbonyl (C=O) groups excluding carboxylic acids is 1. The second-order valence-electron chi connectivity index (χ2n) is 3.68. The van der Waals surface area contributed by atoms with E-state index in [1.165, 1.54) is 0 Å². The van der Waals surface area contributed by atoms with E-state index in [-0.39, 0.29) is 11.8 Å². The maximum Gasteiger partial charge on any atom is 0.228 e. The highest BCUT2D eigenvalue weighted by atomic mass is 35.5. The average molecular weight is 238 g/mol. The molecule has 0 saturated heterocycles. The van der Waals surface area contributed by atoms with Crippen molar-refractivity contribution in [1.29, 1.82) is 0 Å². The van der Waals surface area contributed by atoms with Gasteiger partial charge >= 0.3 is 0 Å². The Balaban J connectivity index is 2.27. The molecule has 4 nitrogen and oxygen atoms in total. The number of aromatic amines is 1. The summed E-state index contributed by atoms with van der Waals surface area (Å²) in [6, 6.07) is 5.61. The molecule has 1 aromatic heterocycles. The number of H-pyrrole nitrogens is 1. The Morgan fingerprint density at radius 3 is 3.19 bits per heavy atom. The predicted molar refractivity (Wildman–Crippen MR) is 64.6 cm³/mol. The molecule has 1 unspecified atom stereocenters. The number of aromatic nitrogens is 2. The molecule has 0 fully saturated rings. The molecular weight excluding hydrogens is 226 g/mol. The lowest BCUT2D eigenvalue weighted by molar-refractivity contribution is -0.118. The van der Waals surface area contributed by atoms with Gasteiger partial charge in [0.15, 0.2) is 0 Å². The number of anilines is 1. The maximum absolute atomic E-state index is 11.7. The summed E-state index contributed by atoms with van der Waals surface area (Å²) in [5.41, 5.74) is 1.66. The first kappa shape index (κ1) is 11.0. The number of nitrogens with one attached hydrogen (secondary N) is 2. The molecule has 0 aliphatic carbocycles. The Kier molecular flexibility index (Phi) is 3.10. The fourth-order valence-corrected chi connectivity index (χ4v) is 1.54. The van der Waals surface area contributed by atoms with Gasteiger partial charge in [-0.3, -0.25) is 9.89 Å². The van der Waals surface area contributed by atoms with Crippen LogP contribution in [0.25, 0.3) is 10.9 Å². The fourth-order valence-electron chi connectivity index (χ4n) is 1.40. The Bertz CT molecular complexity index is 509. The van der Waals surface area contributed by atoms with Crippen LogP contribution in [0, 0.1) is 5.92 Å². The van der Waals surface area contributed by atoms with Crippen molar-refractivity contribution in [3.8, 4) is 0 Å². The third-order valence-corrected chi connectivity index (χ3v) is 2.88. The molecule has 0 bridgehead atoms. The average Bonchev–Trinajstić information content (AvgIpc) is 2.77. The van der Waals surface area contributed by atoms with Crippen molar-refractivity contribution in [3.05, 3.63) is 24.4 Å². The zero-order valence-electron chi connectivity index (χ0n) is 8.83. The SMILES string of the molecule is CC(CCl)C(=O)Nc1cccc2[nH]ncc12. The summed E-state index contributed by atoms with van der Waals surface area (Å²) in [5.74, 6) is 0.0280. The molecule has 16 heavy (non-hydrogen) atoms. The normalized spacial score (nSPS) is 12.6. The summed E-state index contributed by atoms with van der Waals surface area (Å²) in [5, 5.41) is 10.5. The largest absolute Gasteiger partial charge is 0.325 e. The van der Waals surface area contributed by atoms with Gasteiger partial charge in [0.25, 0.3) is 0 Å². The van der Waals surface area contributed by atoms with Crippen molar-refractivity contribution < 1.29 is 4.79 Å². The number of fused-ring (bicyclic) bond motifs is 1. The lowest BCUT2D eigenvalue weighted by Gasteiger charge is -2.09. The second-order valence-corrected chi connectivity index (χ2v) is 3.99. The third kappa shape index (κ3) is 2.02. The Labute approximate surface area is 98.0 Å². The van der Waals surface area contributed by atoms with Crippen molar-refractivity contribution in [2.24, 2.45) is 5.92 Å². The van der Waals surface area contributed by atoms with Crippen molar-refractivity contribution in [3.63, 3.8) is 0 Å². The van der Waals surface area contributed by atoms with E-state index in [4.69, 9.17) is 11.6 Å².